The van der Waals surface area contributed by atoms with Gasteiger partial charge in [0.1, 0.15) is 5.82 Å². The van der Waals surface area contributed by atoms with Crippen LogP contribution in [-0.2, 0) is 0 Å². The molecule has 0 bridgehead atoms. The molecule has 1 fully saturated rings. The van der Waals surface area contributed by atoms with Crippen molar-refractivity contribution in [2.24, 2.45) is 0 Å². The van der Waals surface area contributed by atoms with Gasteiger partial charge >= 0.3 is 0 Å². The summed E-state index contributed by atoms with van der Waals surface area (Å²) in [6.45, 7) is 6.05. The number of ketones is 1. The Morgan fingerprint density at radius 3 is 2.48 bits per heavy atom. The second kappa shape index (κ2) is 7.31. The molecule has 5 heteroatoms. The number of hydrogen-bond donors (Lipinski definition) is 0. The summed E-state index contributed by atoms with van der Waals surface area (Å²) in [5.41, 5.74) is 4.15. The summed E-state index contributed by atoms with van der Waals surface area (Å²) in [5.74, 6) is 1.62. The van der Waals surface area contributed by atoms with Crippen LogP contribution >= 0.6 is 11.8 Å². The normalized spacial score (nSPS) is 14.9. The molecule has 1 atom stereocenters. The number of Topliss-reactive ketones (excluding diaryl/α,β-unsaturated/α-hetero) is 1. The second-order valence-electron chi connectivity index (χ2n) is 7.21. The van der Waals surface area contributed by atoms with Gasteiger partial charge in [0.25, 0.3) is 0 Å². The third-order valence-corrected chi connectivity index (χ3v) is 6.10. The molecule has 2 aromatic carbocycles. The topological polar surface area (TPSA) is 47.8 Å². The number of hydrogen-bond acceptors (Lipinski definition) is 4. The maximum Gasteiger partial charge on any atom is 0.196 e. The fourth-order valence-electron chi connectivity index (χ4n) is 3.12. The van der Waals surface area contributed by atoms with Crippen LogP contribution in [0.15, 0.2) is 53.7 Å². The van der Waals surface area contributed by atoms with Crippen LogP contribution in [0.5, 0.6) is 0 Å². The van der Waals surface area contributed by atoms with E-state index >= 15 is 0 Å². The highest BCUT2D eigenvalue weighted by Crippen LogP contribution is 2.41. The number of benzene rings is 2. The van der Waals surface area contributed by atoms with Crippen LogP contribution in [0.3, 0.4) is 0 Å². The number of carbonyl (C=O) groups is 1. The number of aromatic nitrogens is 3. The Morgan fingerprint density at radius 2 is 1.81 bits per heavy atom. The Kier molecular flexibility index (Phi) is 4.87. The lowest BCUT2D eigenvalue weighted by atomic mass is 10.0. The van der Waals surface area contributed by atoms with E-state index in [1.807, 2.05) is 50.2 Å². The molecule has 1 heterocycles. The number of carbonyl (C=O) groups excluding carboxylic acids is 1. The Hall–Kier alpha value is -2.40. The predicted molar refractivity (Wildman–Crippen MR) is 109 cm³/mol. The highest BCUT2D eigenvalue weighted by atomic mass is 32.2. The van der Waals surface area contributed by atoms with Gasteiger partial charge in [-0.3, -0.25) is 9.36 Å². The SMILES string of the molecule is Cc1ccc(C(=O)[C@H](C)Sc2nnc(C3CC3)n2-c2ccccc2)cc1C. The molecule has 1 aromatic heterocycles. The van der Waals surface area contributed by atoms with Crippen LogP contribution < -0.4 is 0 Å². The van der Waals surface area contributed by atoms with Crippen molar-refractivity contribution in [3.8, 4) is 5.69 Å². The van der Waals surface area contributed by atoms with Crippen molar-refractivity contribution in [3.63, 3.8) is 0 Å². The van der Waals surface area contributed by atoms with Crippen LogP contribution in [0, 0.1) is 13.8 Å². The molecule has 1 saturated carbocycles. The standard InChI is InChI=1S/C22H23N3OS/c1-14-9-10-18(13-15(14)2)20(26)16(3)27-22-24-23-21(17-11-12-17)25(22)19-7-5-4-6-8-19/h4-10,13,16-17H,11-12H2,1-3H3/t16-/m0/s1. The van der Waals surface area contributed by atoms with Crippen molar-refractivity contribution in [2.45, 2.75) is 49.9 Å². The quantitative estimate of drug-likeness (QED) is 0.442. The lowest BCUT2D eigenvalue weighted by molar-refractivity contribution is 0.0993. The third-order valence-electron chi connectivity index (χ3n) is 5.06. The molecule has 138 valence electrons. The molecule has 27 heavy (non-hydrogen) atoms. The summed E-state index contributed by atoms with van der Waals surface area (Å²) in [6, 6.07) is 16.1. The van der Waals surface area contributed by atoms with Gasteiger partial charge in [0.05, 0.1) is 5.25 Å². The van der Waals surface area contributed by atoms with Gasteiger partial charge in [0.2, 0.25) is 0 Å². The molecule has 1 aliphatic rings. The zero-order valence-electron chi connectivity index (χ0n) is 15.8. The monoisotopic (exact) mass is 377 g/mol. The van der Waals surface area contributed by atoms with Gasteiger partial charge in [-0.05, 0) is 62.9 Å². The minimum Gasteiger partial charge on any atom is -0.293 e. The summed E-state index contributed by atoms with van der Waals surface area (Å²) in [6.07, 6.45) is 2.32. The van der Waals surface area contributed by atoms with Crippen LogP contribution in [0.4, 0.5) is 0 Å². The van der Waals surface area contributed by atoms with E-state index in [1.165, 1.54) is 17.3 Å². The maximum atomic E-state index is 12.9. The molecular weight excluding hydrogens is 354 g/mol. The first-order chi connectivity index (χ1) is 13.0. The van der Waals surface area contributed by atoms with Crippen LogP contribution in [0.25, 0.3) is 5.69 Å². The van der Waals surface area contributed by atoms with Crippen molar-refractivity contribution in [1.29, 1.82) is 0 Å². The zero-order valence-corrected chi connectivity index (χ0v) is 16.7. The maximum absolute atomic E-state index is 12.9. The summed E-state index contributed by atoms with van der Waals surface area (Å²) in [5, 5.41) is 9.43. The molecule has 4 nitrogen and oxygen atoms in total. The molecule has 0 spiro atoms. The van der Waals surface area contributed by atoms with E-state index in [1.54, 1.807) is 0 Å². The summed E-state index contributed by atoms with van der Waals surface area (Å²) < 4.78 is 2.12. The lowest BCUT2D eigenvalue weighted by Gasteiger charge is -2.13. The minimum atomic E-state index is -0.231. The van der Waals surface area contributed by atoms with Gasteiger partial charge in [-0.2, -0.15) is 0 Å². The number of aryl methyl sites for hydroxylation is 2. The Labute approximate surface area is 164 Å². The van der Waals surface area contributed by atoms with E-state index in [0.717, 1.165) is 40.6 Å². The average Bonchev–Trinajstić information content (AvgIpc) is 3.44. The molecule has 0 saturated heterocycles. The first kappa shape index (κ1) is 18.0. The predicted octanol–water partition coefficient (Wildman–Crippen LogP) is 5.13. The van der Waals surface area contributed by atoms with Gasteiger partial charge in [-0.15, -0.1) is 10.2 Å². The van der Waals surface area contributed by atoms with Gasteiger partial charge in [0.15, 0.2) is 10.9 Å². The summed E-state index contributed by atoms with van der Waals surface area (Å²) in [4.78, 5) is 12.9. The van der Waals surface area contributed by atoms with Crippen molar-refractivity contribution >= 4 is 17.5 Å². The molecular formula is C22H23N3OS. The van der Waals surface area contributed by atoms with E-state index in [0.29, 0.717) is 5.92 Å². The van der Waals surface area contributed by atoms with Gasteiger partial charge in [-0.1, -0.05) is 42.1 Å². The van der Waals surface area contributed by atoms with Crippen molar-refractivity contribution in [2.75, 3.05) is 0 Å². The molecule has 0 unspecified atom stereocenters. The van der Waals surface area contributed by atoms with E-state index in [-0.39, 0.29) is 11.0 Å². The molecule has 1 aliphatic carbocycles. The first-order valence-corrected chi connectivity index (χ1v) is 10.2. The van der Waals surface area contributed by atoms with Gasteiger partial charge < -0.3 is 0 Å². The van der Waals surface area contributed by atoms with Crippen LogP contribution in [-0.4, -0.2) is 25.8 Å². The smallest absolute Gasteiger partial charge is 0.196 e. The molecule has 3 aromatic rings. The molecule has 4 rings (SSSR count). The average molecular weight is 378 g/mol. The summed E-state index contributed by atoms with van der Waals surface area (Å²) in [7, 11) is 0. The first-order valence-electron chi connectivity index (χ1n) is 9.33. The van der Waals surface area contributed by atoms with E-state index in [9.17, 15) is 4.79 Å². The largest absolute Gasteiger partial charge is 0.293 e. The summed E-state index contributed by atoms with van der Waals surface area (Å²) >= 11 is 1.48. The fourth-order valence-corrected chi connectivity index (χ4v) is 4.08. The van der Waals surface area contributed by atoms with Gasteiger partial charge in [-0.25, -0.2) is 0 Å². The van der Waals surface area contributed by atoms with E-state index < -0.39 is 0 Å². The molecule has 0 amide bonds. The Bertz CT molecular complexity index is 976. The number of thioether (sulfide) groups is 1. The minimum absolute atomic E-state index is 0.124. The van der Waals surface area contributed by atoms with Crippen molar-refractivity contribution in [1.82, 2.24) is 14.8 Å². The fraction of sp³-hybridized carbons (Fsp3) is 0.318. The highest BCUT2D eigenvalue weighted by Gasteiger charge is 2.32. The molecule has 0 aliphatic heterocycles. The van der Waals surface area contributed by atoms with Gasteiger partial charge in [0, 0.05) is 17.2 Å². The third kappa shape index (κ3) is 3.69. The lowest BCUT2D eigenvalue weighted by Crippen LogP contribution is -2.15. The zero-order chi connectivity index (χ0) is 19.0. The molecule has 0 radical (unpaired) electrons. The Balaban J connectivity index is 1.62. The second-order valence-corrected chi connectivity index (χ2v) is 8.52. The number of rotatable bonds is 6. The van der Waals surface area contributed by atoms with Crippen molar-refractivity contribution < 1.29 is 4.79 Å². The van der Waals surface area contributed by atoms with Crippen LogP contribution in [0.2, 0.25) is 0 Å². The Morgan fingerprint density at radius 1 is 1.07 bits per heavy atom. The number of para-hydroxylation sites is 1. The van der Waals surface area contributed by atoms with Crippen LogP contribution in [0.1, 0.15) is 53.0 Å². The van der Waals surface area contributed by atoms with E-state index in [2.05, 4.69) is 33.8 Å². The highest BCUT2D eigenvalue weighted by molar-refractivity contribution is 8.00. The molecule has 0 N–H and O–H groups in total. The van der Waals surface area contributed by atoms with Crippen molar-refractivity contribution in [3.05, 3.63) is 71.0 Å². The van der Waals surface area contributed by atoms with E-state index in [4.69, 9.17) is 0 Å². The number of nitrogens with zero attached hydrogens (tertiary/aromatic N) is 3.